The molecule has 0 fully saturated rings. The number of anilines is 1. The van der Waals surface area contributed by atoms with E-state index in [0.29, 0.717) is 35.3 Å². The predicted octanol–water partition coefficient (Wildman–Crippen LogP) is 5.69. The van der Waals surface area contributed by atoms with E-state index in [1.807, 2.05) is 26.8 Å². The SMILES string of the molecule is CCN1C(=O)CC(C)(C)c2cc(C)c(-c3cc(/C=C\C(=O)O)ccc3OC(F)(F)F)cc21. The minimum Gasteiger partial charge on any atom is -0.478 e. The van der Waals surface area contributed by atoms with Gasteiger partial charge in [-0.2, -0.15) is 0 Å². The topological polar surface area (TPSA) is 66.8 Å². The zero-order chi connectivity index (χ0) is 23.8. The van der Waals surface area contributed by atoms with Gasteiger partial charge in [-0.1, -0.05) is 26.0 Å². The van der Waals surface area contributed by atoms with Crippen LogP contribution in [0.4, 0.5) is 18.9 Å². The van der Waals surface area contributed by atoms with E-state index in [2.05, 4.69) is 4.74 Å². The first-order valence-electron chi connectivity index (χ1n) is 10.1. The number of hydrogen-bond donors (Lipinski definition) is 1. The van der Waals surface area contributed by atoms with Crippen LogP contribution in [-0.2, 0) is 15.0 Å². The van der Waals surface area contributed by atoms with Crippen molar-refractivity contribution in [3.63, 3.8) is 0 Å². The third kappa shape index (κ3) is 4.79. The van der Waals surface area contributed by atoms with Gasteiger partial charge >= 0.3 is 12.3 Å². The second-order valence-corrected chi connectivity index (χ2v) is 8.36. The lowest BCUT2D eigenvalue weighted by Gasteiger charge is -2.39. The number of rotatable bonds is 5. The molecule has 8 heteroatoms. The van der Waals surface area contributed by atoms with Crippen LogP contribution in [0.15, 0.2) is 36.4 Å². The van der Waals surface area contributed by atoms with Crippen molar-refractivity contribution in [2.75, 3.05) is 11.4 Å². The number of carbonyl (C=O) groups excluding carboxylic acids is 1. The van der Waals surface area contributed by atoms with Crippen LogP contribution in [0.2, 0.25) is 0 Å². The van der Waals surface area contributed by atoms with Crippen molar-refractivity contribution in [3.05, 3.63) is 53.1 Å². The third-order valence-corrected chi connectivity index (χ3v) is 5.51. The molecule has 0 spiro atoms. The molecule has 1 N–H and O–H groups in total. The molecule has 32 heavy (non-hydrogen) atoms. The summed E-state index contributed by atoms with van der Waals surface area (Å²) in [6.07, 6.45) is -2.36. The summed E-state index contributed by atoms with van der Waals surface area (Å²) in [5.41, 5.74) is 2.92. The summed E-state index contributed by atoms with van der Waals surface area (Å²) in [7, 11) is 0. The summed E-state index contributed by atoms with van der Waals surface area (Å²) in [5, 5.41) is 8.88. The van der Waals surface area contributed by atoms with Gasteiger partial charge in [0.15, 0.2) is 0 Å². The van der Waals surface area contributed by atoms with Gasteiger partial charge < -0.3 is 14.7 Å². The molecule has 1 amide bonds. The van der Waals surface area contributed by atoms with Gasteiger partial charge in [-0.15, -0.1) is 13.2 Å². The number of carbonyl (C=O) groups is 2. The fraction of sp³-hybridized carbons (Fsp3) is 0.333. The van der Waals surface area contributed by atoms with E-state index >= 15 is 0 Å². The molecule has 1 heterocycles. The number of halogens is 3. The fourth-order valence-electron chi connectivity index (χ4n) is 4.04. The monoisotopic (exact) mass is 447 g/mol. The van der Waals surface area contributed by atoms with Crippen molar-refractivity contribution in [3.8, 4) is 16.9 Å². The second kappa shape index (κ2) is 8.33. The van der Waals surface area contributed by atoms with Crippen LogP contribution in [0, 0.1) is 6.92 Å². The van der Waals surface area contributed by atoms with Gasteiger partial charge in [0.2, 0.25) is 5.91 Å². The summed E-state index contributed by atoms with van der Waals surface area (Å²) in [5.74, 6) is -1.63. The van der Waals surface area contributed by atoms with E-state index in [0.717, 1.165) is 17.7 Å². The molecule has 3 rings (SSSR count). The minimum absolute atomic E-state index is 0.0512. The number of aryl methyl sites for hydroxylation is 1. The first-order valence-corrected chi connectivity index (χ1v) is 10.1. The van der Waals surface area contributed by atoms with Gasteiger partial charge in [-0.3, -0.25) is 4.79 Å². The fourth-order valence-corrected chi connectivity index (χ4v) is 4.04. The first-order chi connectivity index (χ1) is 14.8. The Kier molecular flexibility index (Phi) is 6.09. The molecule has 0 saturated heterocycles. The molecule has 0 atom stereocenters. The Balaban J connectivity index is 2.25. The molecule has 0 saturated carbocycles. The summed E-state index contributed by atoms with van der Waals surface area (Å²) < 4.78 is 43.5. The number of amides is 1. The molecule has 2 aromatic carbocycles. The zero-order valence-electron chi connectivity index (χ0n) is 18.2. The third-order valence-electron chi connectivity index (χ3n) is 5.51. The highest BCUT2D eigenvalue weighted by Crippen LogP contribution is 2.45. The Bertz CT molecular complexity index is 1100. The van der Waals surface area contributed by atoms with Crippen LogP contribution < -0.4 is 9.64 Å². The first kappa shape index (κ1) is 23.4. The molecule has 0 bridgehead atoms. The number of alkyl halides is 3. The number of ether oxygens (including phenoxy) is 1. The van der Waals surface area contributed by atoms with Crippen molar-refractivity contribution in [2.45, 2.75) is 45.9 Å². The highest BCUT2D eigenvalue weighted by atomic mass is 19.4. The smallest absolute Gasteiger partial charge is 0.478 e. The van der Waals surface area contributed by atoms with Gasteiger partial charge in [0.25, 0.3) is 0 Å². The zero-order valence-corrected chi connectivity index (χ0v) is 18.2. The lowest BCUT2D eigenvalue weighted by molar-refractivity contribution is -0.274. The van der Waals surface area contributed by atoms with Crippen molar-refractivity contribution >= 4 is 23.6 Å². The van der Waals surface area contributed by atoms with E-state index in [9.17, 15) is 22.8 Å². The molecule has 1 aliphatic heterocycles. The van der Waals surface area contributed by atoms with Gasteiger partial charge in [0.05, 0.1) is 0 Å². The molecular formula is C24H24F3NO4. The Morgan fingerprint density at radius 3 is 2.50 bits per heavy atom. The van der Waals surface area contributed by atoms with Crippen LogP contribution in [0.5, 0.6) is 5.75 Å². The second-order valence-electron chi connectivity index (χ2n) is 8.36. The van der Waals surface area contributed by atoms with Crippen molar-refractivity contribution in [1.29, 1.82) is 0 Å². The van der Waals surface area contributed by atoms with Gasteiger partial charge in [0, 0.05) is 35.7 Å². The number of fused-ring (bicyclic) bond motifs is 1. The lowest BCUT2D eigenvalue weighted by atomic mass is 9.75. The Morgan fingerprint density at radius 1 is 1.22 bits per heavy atom. The highest BCUT2D eigenvalue weighted by molar-refractivity contribution is 5.99. The molecule has 0 radical (unpaired) electrons. The highest BCUT2D eigenvalue weighted by Gasteiger charge is 2.37. The van der Waals surface area contributed by atoms with Crippen LogP contribution in [0.1, 0.15) is 43.9 Å². The number of hydrogen-bond acceptors (Lipinski definition) is 3. The normalized spacial score (nSPS) is 15.7. The van der Waals surface area contributed by atoms with Gasteiger partial charge in [-0.05, 0) is 60.4 Å². The Hall–Kier alpha value is -3.29. The van der Waals surface area contributed by atoms with Crippen molar-refractivity contribution in [1.82, 2.24) is 0 Å². The van der Waals surface area contributed by atoms with Gasteiger partial charge in [0.1, 0.15) is 5.75 Å². The number of carboxylic acid groups (broad SMARTS) is 1. The van der Waals surface area contributed by atoms with E-state index in [4.69, 9.17) is 5.11 Å². The van der Waals surface area contributed by atoms with Crippen LogP contribution in [0.3, 0.4) is 0 Å². The maximum Gasteiger partial charge on any atom is 0.573 e. The lowest BCUT2D eigenvalue weighted by Crippen LogP contribution is -2.41. The molecule has 0 aliphatic carbocycles. The molecule has 1 aliphatic rings. The summed E-state index contributed by atoms with van der Waals surface area (Å²) in [6.45, 7) is 7.99. The molecule has 170 valence electrons. The van der Waals surface area contributed by atoms with Gasteiger partial charge in [-0.25, -0.2) is 4.79 Å². The van der Waals surface area contributed by atoms with E-state index < -0.39 is 23.5 Å². The number of carboxylic acids is 1. The molecule has 0 unspecified atom stereocenters. The molecule has 0 aromatic heterocycles. The van der Waals surface area contributed by atoms with Crippen LogP contribution in [-0.4, -0.2) is 29.9 Å². The largest absolute Gasteiger partial charge is 0.573 e. The standard InChI is InChI=1S/C24H24F3NO4/c1-5-28-19-12-16(14(2)10-18(19)23(3,4)13-21(28)29)17-11-15(7-9-22(30)31)6-8-20(17)32-24(25,26)27/h6-12H,5,13H2,1-4H3,(H,30,31)/b9-7-. The quantitative estimate of drug-likeness (QED) is 0.598. The number of benzene rings is 2. The molecular weight excluding hydrogens is 423 g/mol. The average molecular weight is 447 g/mol. The summed E-state index contributed by atoms with van der Waals surface area (Å²) >= 11 is 0. The number of nitrogens with zero attached hydrogens (tertiary/aromatic N) is 1. The minimum atomic E-state index is -4.90. The summed E-state index contributed by atoms with van der Waals surface area (Å²) in [6, 6.07) is 7.58. The number of aliphatic carboxylic acids is 1. The maximum absolute atomic E-state index is 13.1. The van der Waals surface area contributed by atoms with E-state index in [1.54, 1.807) is 17.9 Å². The van der Waals surface area contributed by atoms with Crippen molar-refractivity contribution in [2.24, 2.45) is 0 Å². The molecule has 2 aromatic rings. The Morgan fingerprint density at radius 2 is 1.91 bits per heavy atom. The van der Waals surface area contributed by atoms with Crippen LogP contribution in [0.25, 0.3) is 17.2 Å². The van der Waals surface area contributed by atoms with Crippen LogP contribution >= 0.6 is 0 Å². The van der Waals surface area contributed by atoms with Crippen molar-refractivity contribution < 1.29 is 32.6 Å². The van der Waals surface area contributed by atoms with E-state index in [1.165, 1.54) is 18.2 Å². The summed E-state index contributed by atoms with van der Waals surface area (Å²) in [4.78, 5) is 25.2. The maximum atomic E-state index is 13.1. The Labute approximate surface area is 184 Å². The molecule has 5 nitrogen and oxygen atoms in total. The average Bonchev–Trinajstić information content (AvgIpc) is 2.66. The van der Waals surface area contributed by atoms with E-state index in [-0.39, 0.29) is 11.5 Å². The predicted molar refractivity (Wildman–Crippen MR) is 116 cm³/mol.